The Kier molecular flexibility index (Phi) is 19.4. The van der Waals surface area contributed by atoms with Crippen molar-refractivity contribution in [1.82, 2.24) is 25.3 Å². The number of nitrogens with one attached hydrogen (secondary N) is 2. The number of carbonyl (C=O) groups is 4. The highest BCUT2D eigenvalue weighted by Gasteiger charge is 2.43. The van der Waals surface area contributed by atoms with E-state index >= 15 is 0 Å². The molecule has 1 aliphatic rings. The van der Waals surface area contributed by atoms with E-state index in [0.29, 0.717) is 32.2 Å². The topological polar surface area (TPSA) is 187 Å². The molecule has 1 aromatic rings. The first-order valence-electron chi connectivity index (χ1n) is 19.8. The summed E-state index contributed by atoms with van der Waals surface area (Å²) < 4.78 is 11.9. The summed E-state index contributed by atoms with van der Waals surface area (Å²) in [5, 5.41) is 26.5. The zero-order valence-corrected chi connectivity index (χ0v) is 35.6. The summed E-state index contributed by atoms with van der Waals surface area (Å²) >= 11 is 0. The Morgan fingerprint density at radius 2 is 1.61 bits per heavy atom. The van der Waals surface area contributed by atoms with Gasteiger partial charge in [0.05, 0.1) is 60.1 Å². The van der Waals surface area contributed by atoms with E-state index in [9.17, 15) is 34.6 Å². The molecular formula is C41H67N7O8. The van der Waals surface area contributed by atoms with E-state index in [1.54, 1.807) is 35.9 Å². The van der Waals surface area contributed by atoms with Crippen LogP contribution in [0.15, 0.2) is 24.3 Å². The Balaban J connectivity index is 2.27. The van der Waals surface area contributed by atoms with E-state index in [1.807, 2.05) is 60.5 Å². The van der Waals surface area contributed by atoms with Crippen LogP contribution in [0.5, 0.6) is 0 Å². The molecule has 1 aromatic carbocycles. The number of non-ortho nitro benzene ring substituents is 1. The summed E-state index contributed by atoms with van der Waals surface area (Å²) in [6.07, 6.45) is 1.08. The van der Waals surface area contributed by atoms with E-state index in [1.165, 1.54) is 26.4 Å². The number of nitro groups is 1. The van der Waals surface area contributed by atoms with Gasteiger partial charge < -0.3 is 29.9 Å². The lowest BCUT2D eigenvalue weighted by Gasteiger charge is -2.41. The Labute approximate surface area is 333 Å². The molecule has 0 aromatic heterocycles. The molecule has 9 atom stereocenters. The van der Waals surface area contributed by atoms with Crippen molar-refractivity contribution in [2.75, 3.05) is 41.9 Å². The summed E-state index contributed by atoms with van der Waals surface area (Å²) in [6, 6.07) is 5.50. The highest BCUT2D eigenvalue weighted by atomic mass is 16.6. The van der Waals surface area contributed by atoms with Gasteiger partial charge >= 0.3 is 0 Å². The normalized spacial score (nSPS) is 18.7. The fraction of sp³-hybridized carbons (Fsp3) is 0.732. The van der Waals surface area contributed by atoms with Crippen molar-refractivity contribution in [2.45, 2.75) is 129 Å². The quantitative estimate of drug-likeness (QED) is 0.128. The van der Waals surface area contributed by atoms with Crippen molar-refractivity contribution in [3.05, 3.63) is 39.9 Å². The minimum atomic E-state index is -0.784. The molecule has 15 nitrogen and oxygen atoms in total. The molecule has 15 heteroatoms. The second kappa shape index (κ2) is 22.6. The predicted molar refractivity (Wildman–Crippen MR) is 214 cm³/mol. The van der Waals surface area contributed by atoms with E-state index in [0.717, 1.165) is 5.56 Å². The molecule has 1 heterocycles. The van der Waals surface area contributed by atoms with Crippen LogP contribution in [0.25, 0.3) is 0 Å². The van der Waals surface area contributed by atoms with Crippen LogP contribution in [0.4, 0.5) is 5.69 Å². The first kappa shape index (κ1) is 48.0. The summed E-state index contributed by atoms with van der Waals surface area (Å²) in [4.78, 5) is 71.4. The maximum atomic E-state index is 14.2. The van der Waals surface area contributed by atoms with Crippen molar-refractivity contribution in [3.63, 3.8) is 0 Å². The van der Waals surface area contributed by atoms with Crippen molar-refractivity contribution in [1.29, 1.82) is 5.26 Å². The Morgan fingerprint density at radius 1 is 0.982 bits per heavy atom. The average molecular weight is 786 g/mol. The lowest BCUT2D eigenvalue weighted by molar-refractivity contribution is -0.384. The van der Waals surface area contributed by atoms with Crippen molar-refractivity contribution in [2.24, 2.45) is 23.7 Å². The van der Waals surface area contributed by atoms with Crippen molar-refractivity contribution in [3.8, 4) is 6.07 Å². The van der Waals surface area contributed by atoms with Gasteiger partial charge in [0.1, 0.15) is 6.04 Å². The van der Waals surface area contributed by atoms with Crippen LogP contribution in [0, 0.1) is 45.1 Å². The lowest BCUT2D eigenvalue weighted by atomic mass is 9.89. The highest BCUT2D eigenvalue weighted by Crippen LogP contribution is 2.30. The maximum absolute atomic E-state index is 14.2. The Morgan fingerprint density at radius 3 is 2.09 bits per heavy atom. The van der Waals surface area contributed by atoms with Gasteiger partial charge in [-0.3, -0.25) is 34.2 Å². The summed E-state index contributed by atoms with van der Waals surface area (Å²) in [7, 11) is 8.45. The zero-order chi connectivity index (χ0) is 42.4. The number of nitriles is 1. The largest absolute Gasteiger partial charge is 0.379 e. The smallest absolute Gasteiger partial charge is 0.269 e. The predicted octanol–water partition coefficient (Wildman–Crippen LogP) is 4.18. The van der Waals surface area contributed by atoms with Crippen LogP contribution < -0.4 is 10.6 Å². The highest BCUT2D eigenvalue weighted by molar-refractivity contribution is 5.90. The van der Waals surface area contributed by atoms with Crippen LogP contribution in [-0.4, -0.2) is 128 Å². The van der Waals surface area contributed by atoms with E-state index in [-0.39, 0.29) is 59.9 Å². The number of hydrogen-bond acceptors (Lipinski definition) is 10. The molecule has 56 heavy (non-hydrogen) atoms. The lowest BCUT2D eigenvalue weighted by Crippen LogP contribution is -2.59. The molecule has 314 valence electrons. The Hall–Kier alpha value is -4.13. The molecular weight excluding hydrogens is 718 g/mol. The molecule has 0 spiro atoms. The van der Waals surface area contributed by atoms with Crippen LogP contribution in [0.2, 0.25) is 0 Å². The van der Waals surface area contributed by atoms with E-state index < -0.39 is 53.3 Å². The fourth-order valence-corrected chi connectivity index (χ4v) is 8.07. The number of methoxy groups -OCH3 is 2. The monoisotopic (exact) mass is 786 g/mol. The zero-order valence-electron chi connectivity index (χ0n) is 35.6. The average Bonchev–Trinajstić information content (AvgIpc) is 3.62. The van der Waals surface area contributed by atoms with Gasteiger partial charge in [0.15, 0.2) is 0 Å². The van der Waals surface area contributed by atoms with Gasteiger partial charge in [-0.05, 0) is 56.7 Å². The first-order chi connectivity index (χ1) is 26.3. The Bertz CT molecular complexity index is 1490. The number of carbonyl (C=O) groups excluding carboxylic acids is 4. The van der Waals surface area contributed by atoms with Crippen LogP contribution in [-0.2, 0) is 35.1 Å². The molecule has 2 rings (SSSR count). The van der Waals surface area contributed by atoms with Crippen molar-refractivity contribution >= 4 is 29.3 Å². The summed E-state index contributed by atoms with van der Waals surface area (Å²) in [5.41, 5.74) is 0.694. The van der Waals surface area contributed by atoms with Gasteiger partial charge in [0.25, 0.3) is 5.69 Å². The third-order valence-electron chi connectivity index (χ3n) is 11.3. The molecule has 0 radical (unpaired) electrons. The number of benzene rings is 1. The third kappa shape index (κ3) is 12.7. The molecule has 1 saturated heterocycles. The minimum absolute atomic E-state index is 0.00905. The molecule has 1 aliphatic heterocycles. The van der Waals surface area contributed by atoms with Gasteiger partial charge in [-0.15, -0.1) is 0 Å². The molecule has 4 amide bonds. The van der Waals surface area contributed by atoms with Crippen LogP contribution in [0.3, 0.4) is 0 Å². The molecule has 1 fully saturated rings. The molecule has 0 aliphatic carbocycles. The van der Waals surface area contributed by atoms with Crippen LogP contribution in [0.1, 0.15) is 86.1 Å². The first-order valence-corrected chi connectivity index (χ1v) is 19.8. The third-order valence-corrected chi connectivity index (χ3v) is 11.3. The fourth-order valence-electron chi connectivity index (χ4n) is 8.07. The van der Waals surface area contributed by atoms with Gasteiger partial charge in [-0.2, -0.15) is 5.26 Å². The standard InChI is InChI=1S/C41H67N7O8/c1-13-27(6)37(46(10)41(52)35(25(2)3)44-40(51)36(26(4)5)45(8)9)33(55-11)24-34(49)47-22-14-15-32(47)38(56-12)28(7)39(50)43-30(20-21-42)23-29-16-18-31(19-17-29)48(53)54/h16-19,25-28,30,32-33,35-38H,13-15,20,22-24H2,1-12H3,(H,43,50)(H,44,51)/t27-,28+,30?,32-,33+,35-,36-,37-,38+/m0/s1. The number of likely N-dealkylation sites (tertiary alicyclic amines) is 1. The van der Waals surface area contributed by atoms with Gasteiger partial charge in [0, 0.05) is 46.0 Å². The van der Waals surface area contributed by atoms with Crippen LogP contribution >= 0.6 is 0 Å². The van der Waals surface area contributed by atoms with Gasteiger partial charge in [-0.25, -0.2) is 0 Å². The second-order valence-electron chi connectivity index (χ2n) is 16.2. The number of ether oxygens (including phenoxy) is 2. The SMILES string of the molecule is CC[C@H](C)[C@@H]([C@@H](CC(=O)N1CCC[C@H]1[C@H](OC)[C@@H](C)C(=O)NC(CC#N)Cc1ccc([N+](=O)[O-])cc1)OC)N(C)C(=O)[C@@H](NC(=O)[C@H](C(C)C)N(C)C)C(C)C. The molecule has 2 N–H and O–H groups in total. The maximum Gasteiger partial charge on any atom is 0.269 e. The van der Waals surface area contributed by atoms with Crippen molar-refractivity contribution < 1.29 is 33.6 Å². The number of hydrogen-bond donors (Lipinski definition) is 2. The van der Waals surface area contributed by atoms with E-state index in [2.05, 4.69) is 16.7 Å². The molecule has 0 bridgehead atoms. The van der Waals surface area contributed by atoms with Gasteiger partial charge in [0.2, 0.25) is 23.6 Å². The number of rotatable bonds is 22. The van der Waals surface area contributed by atoms with E-state index in [4.69, 9.17) is 9.47 Å². The number of nitro benzene ring substituents is 1. The van der Waals surface area contributed by atoms with Gasteiger partial charge in [-0.1, -0.05) is 67.0 Å². The summed E-state index contributed by atoms with van der Waals surface area (Å²) in [6.45, 7) is 14.0. The molecule has 0 saturated carbocycles. The number of likely N-dealkylation sites (N-methyl/N-ethyl adjacent to an activating group) is 2. The minimum Gasteiger partial charge on any atom is -0.379 e. The number of nitrogens with zero attached hydrogens (tertiary/aromatic N) is 5. The second-order valence-corrected chi connectivity index (χ2v) is 16.2. The summed E-state index contributed by atoms with van der Waals surface area (Å²) in [5.74, 6) is -1.88. The molecule has 1 unspecified atom stereocenters. The number of amides is 4.